The maximum absolute atomic E-state index is 5.52. The zero-order valence-corrected chi connectivity index (χ0v) is 8.07. The smallest absolute Gasteiger partial charge is 0.119 e. The molecule has 0 atom stereocenters. The fourth-order valence-electron chi connectivity index (χ4n) is 1.07. The Morgan fingerprint density at radius 2 is 2.00 bits per heavy atom. The van der Waals surface area contributed by atoms with Gasteiger partial charge in [-0.2, -0.15) is 0 Å². The van der Waals surface area contributed by atoms with E-state index in [0.717, 1.165) is 25.2 Å². The monoisotopic (exact) mass is 176 g/mol. The number of benzene rings is 1. The lowest BCUT2D eigenvalue weighted by Gasteiger charge is -2.03. The summed E-state index contributed by atoms with van der Waals surface area (Å²) in [5.41, 5.74) is 0. The number of unbranched alkanes of at least 4 members (excludes halogenated alkanes) is 1. The highest BCUT2D eigenvalue weighted by Gasteiger charge is 1.89. The second-order valence-corrected chi connectivity index (χ2v) is 2.87. The highest BCUT2D eigenvalue weighted by Crippen LogP contribution is 2.08. The number of allylic oxidation sites excluding steroid dienone is 2. The van der Waals surface area contributed by atoms with Crippen LogP contribution < -0.4 is 4.74 Å². The van der Waals surface area contributed by atoms with Crippen LogP contribution in [0.1, 0.15) is 19.8 Å². The van der Waals surface area contributed by atoms with E-state index < -0.39 is 0 Å². The molecule has 0 bridgehead atoms. The molecule has 13 heavy (non-hydrogen) atoms. The molecule has 1 heteroatoms. The van der Waals surface area contributed by atoms with E-state index in [0.29, 0.717) is 0 Å². The van der Waals surface area contributed by atoms with Crippen molar-refractivity contribution in [1.82, 2.24) is 0 Å². The largest absolute Gasteiger partial charge is 0.494 e. The van der Waals surface area contributed by atoms with Gasteiger partial charge in [0.1, 0.15) is 5.75 Å². The Kier molecular flexibility index (Phi) is 4.77. The van der Waals surface area contributed by atoms with Crippen LogP contribution in [0.2, 0.25) is 0 Å². The normalized spacial score (nSPS) is 10.5. The number of para-hydroxylation sites is 1. The molecule has 0 N–H and O–H groups in total. The van der Waals surface area contributed by atoms with Crippen LogP contribution in [0.3, 0.4) is 0 Å². The van der Waals surface area contributed by atoms with Gasteiger partial charge in [0, 0.05) is 0 Å². The van der Waals surface area contributed by atoms with E-state index in [1.54, 1.807) is 0 Å². The van der Waals surface area contributed by atoms with Crippen molar-refractivity contribution >= 4 is 0 Å². The molecule has 0 aromatic heterocycles. The molecule has 0 aliphatic rings. The van der Waals surface area contributed by atoms with Gasteiger partial charge in [-0.3, -0.25) is 0 Å². The van der Waals surface area contributed by atoms with Crippen LogP contribution in [0.5, 0.6) is 5.75 Å². The quantitative estimate of drug-likeness (QED) is 0.493. The van der Waals surface area contributed by atoms with Crippen molar-refractivity contribution in [2.45, 2.75) is 19.8 Å². The van der Waals surface area contributed by atoms with Crippen molar-refractivity contribution in [3.05, 3.63) is 42.5 Å². The average molecular weight is 176 g/mol. The fourth-order valence-corrected chi connectivity index (χ4v) is 1.07. The van der Waals surface area contributed by atoms with Crippen LogP contribution in [0, 0.1) is 0 Å². The van der Waals surface area contributed by atoms with Crippen molar-refractivity contribution in [2.24, 2.45) is 0 Å². The molecule has 0 fully saturated rings. The van der Waals surface area contributed by atoms with Gasteiger partial charge in [-0.15, -0.1) is 0 Å². The van der Waals surface area contributed by atoms with E-state index in [9.17, 15) is 0 Å². The van der Waals surface area contributed by atoms with E-state index >= 15 is 0 Å². The summed E-state index contributed by atoms with van der Waals surface area (Å²) >= 11 is 0. The van der Waals surface area contributed by atoms with Gasteiger partial charge in [0.2, 0.25) is 0 Å². The van der Waals surface area contributed by atoms with Crippen molar-refractivity contribution in [1.29, 1.82) is 0 Å². The molecule has 0 saturated heterocycles. The van der Waals surface area contributed by atoms with E-state index in [1.807, 2.05) is 37.3 Å². The molecule has 1 nitrogen and oxygen atoms in total. The lowest BCUT2D eigenvalue weighted by molar-refractivity contribution is 0.312. The third-order valence-corrected chi connectivity index (χ3v) is 1.76. The predicted octanol–water partition coefficient (Wildman–Crippen LogP) is 3.42. The second kappa shape index (κ2) is 6.30. The van der Waals surface area contributed by atoms with Crippen LogP contribution in [0.25, 0.3) is 0 Å². The van der Waals surface area contributed by atoms with Gasteiger partial charge in [-0.05, 0) is 31.9 Å². The molecule has 0 aliphatic heterocycles. The van der Waals surface area contributed by atoms with Crippen LogP contribution in [0.4, 0.5) is 0 Å². The van der Waals surface area contributed by atoms with Crippen molar-refractivity contribution in [3.8, 4) is 5.75 Å². The maximum Gasteiger partial charge on any atom is 0.119 e. The van der Waals surface area contributed by atoms with E-state index in [1.165, 1.54) is 0 Å². The van der Waals surface area contributed by atoms with Crippen LogP contribution in [0.15, 0.2) is 42.5 Å². The Labute approximate surface area is 80.0 Å². The Bertz CT molecular complexity index is 239. The minimum absolute atomic E-state index is 0.800. The summed E-state index contributed by atoms with van der Waals surface area (Å²) in [6.45, 7) is 2.84. The van der Waals surface area contributed by atoms with Gasteiger partial charge >= 0.3 is 0 Å². The molecule has 0 heterocycles. The van der Waals surface area contributed by atoms with Crippen molar-refractivity contribution < 1.29 is 4.74 Å². The van der Waals surface area contributed by atoms with E-state index in [-0.39, 0.29) is 0 Å². The standard InChI is InChI=1S/C12H16O/c1-2-3-4-8-11-13-12-9-6-5-7-10-12/h2-3,5-7,9-10H,4,8,11H2,1H3/b3-2+. The summed E-state index contributed by atoms with van der Waals surface area (Å²) in [6, 6.07) is 9.93. The van der Waals surface area contributed by atoms with Gasteiger partial charge < -0.3 is 4.74 Å². The van der Waals surface area contributed by atoms with Gasteiger partial charge in [0.05, 0.1) is 6.61 Å². The van der Waals surface area contributed by atoms with E-state index in [2.05, 4.69) is 12.2 Å². The highest BCUT2D eigenvalue weighted by atomic mass is 16.5. The lowest BCUT2D eigenvalue weighted by Crippen LogP contribution is -1.95. The van der Waals surface area contributed by atoms with Gasteiger partial charge in [-0.1, -0.05) is 30.4 Å². The molecule has 1 rings (SSSR count). The molecule has 0 saturated carbocycles. The third-order valence-electron chi connectivity index (χ3n) is 1.76. The Balaban J connectivity index is 2.13. The van der Waals surface area contributed by atoms with Crippen LogP contribution >= 0.6 is 0 Å². The zero-order chi connectivity index (χ0) is 9.36. The number of hydrogen-bond donors (Lipinski definition) is 0. The lowest BCUT2D eigenvalue weighted by atomic mass is 10.3. The van der Waals surface area contributed by atoms with Crippen LogP contribution in [-0.2, 0) is 0 Å². The summed E-state index contributed by atoms with van der Waals surface area (Å²) in [6.07, 6.45) is 6.42. The summed E-state index contributed by atoms with van der Waals surface area (Å²) < 4.78 is 5.52. The predicted molar refractivity (Wildman–Crippen MR) is 56.0 cm³/mol. The average Bonchev–Trinajstić information content (AvgIpc) is 2.19. The molecule has 70 valence electrons. The maximum atomic E-state index is 5.52. The first-order chi connectivity index (χ1) is 6.43. The van der Waals surface area contributed by atoms with Crippen molar-refractivity contribution in [3.63, 3.8) is 0 Å². The molecule has 1 aromatic carbocycles. The van der Waals surface area contributed by atoms with Crippen LogP contribution in [-0.4, -0.2) is 6.61 Å². The molecule has 0 amide bonds. The van der Waals surface area contributed by atoms with Gasteiger partial charge in [0.25, 0.3) is 0 Å². The number of ether oxygens (including phenoxy) is 1. The summed E-state index contributed by atoms with van der Waals surface area (Å²) in [7, 11) is 0. The van der Waals surface area contributed by atoms with Gasteiger partial charge in [0.15, 0.2) is 0 Å². The second-order valence-electron chi connectivity index (χ2n) is 2.87. The molecule has 0 spiro atoms. The first-order valence-electron chi connectivity index (χ1n) is 4.72. The molecular formula is C12H16O. The minimum Gasteiger partial charge on any atom is -0.494 e. The summed E-state index contributed by atoms with van der Waals surface area (Å²) in [4.78, 5) is 0. The Hall–Kier alpha value is -1.24. The number of hydrogen-bond acceptors (Lipinski definition) is 1. The van der Waals surface area contributed by atoms with Crippen molar-refractivity contribution in [2.75, 3.05) is 6.61 Å². The molecular weight excluding hydrogens is 160 g/mol. The Morgan fingerprint density at radius 1 is 1.23 bits per heavy atom. The highest BCUT2D eigenvalue weighted by molar-refractivity contribution is 5.20. The fraction of sp³-hybridized carbons (Fsp3) is 0.333. The first-order valence-corrected chi connectivity index (χ1v) is 4.72. The van der Waals surface area contributed by atoms with E-state index in [4.69, 9.17) is 4.74 Å². The molecule has 0 unspecified atom stereocenters. The topological polar surface area (TPSA) is 9.23 Å². The first kappa shape index (κ1) is 9.85. The number of rotatable bonds is 5. The summed E-state index contributed by atoms with van der Waals surface area (Å²) in [5.74, 6) is 0.961. The minimum atomic E-state index is 0.800. The zero-order valence-electron chi connectivity index (χ0n) is 8.07. The molecule has 0 radical (unpaired) electrons. The Morgan fingerprint density at radius 3 is 2.69 bits per heavy atom. The molecule has 0 aliphatic carbocycles. The summed E-state index contributed by atoms with van der Waals surface area (Å²) in [5, 5.41) is 0. The third kappa shape index (κ3) is 4.36. The molecule has 1 aromatic rings. The van der Waals surface area contributed by atoms with Gasteiger partial charge in [-0.25, -0.2) is 0 Å². The SMILES string of the molecule is C/C=C/CCCOc1ccccc1.